The Kier molecular flexibility index (Phi) is 3.19. The summed E-state index contributed by atoms with van der Waals surface area (Å²) in [4.78, 5) is 2.44. The van der Waals surface area contributed by atoms with Crippen molar-refractivity contribution in [1.29, 1.82) is 0 Å². The van der Waals surface area contributed by atoms with Crippen molar-refractivity contribution in [2.45, 2.75) is 32.0 Å². The largest absolute Gasteiger partial charge is 0.375 e. The third-order valence-electron chi connectivity index (χ3n) is 3.00. The fraction of sp³-hybridized carbons (Fsp3) is 1.00. The van der Waals surface area contributed by atoms with Crippen molar-refractivity contribution < 1.29 is 9.47 Å². The zero-order chi connectivity index (χ0) is 9.10. The molecular weight excluding hydrogens is 166 g/mol. The molecule has 0 spiro atoms. The first-order valence-corrected chi connectivity index (χ1v) is 5.35. The van der Waals surface area contributed by atoms with E-state index in [2.05, 4.69) is 11.8 Å². The highest BCUT2D eigenvalue weighted by Crippen LogP contribution is 2.20. The summed E-state index contributed by atoms with van der Waals surface area (Å²) in [6.45, 7) is 7.28. The highest BCUT2D eigenvalue weighted by Gasteiger charge is 2.30. The third kappa shape index (κ3) is 2.22. The summed E-state index contributed by atoms with van der Waals surface area (Å²) in [6.07, 6.45) is 3.09. The predicted molar refractivity (Wildman–Crippen MR) is 50.8 cm³/mol. The second-order valence-electron chi connectivity index (χ2n) is 3.85. The molecule has 2 atom stereocenters. The second kappa shape index (κ2) is 4.40. The van der Waals surface area contributed by atoms with Crippen molar-refractivity contribution in [3.63, 3.8) is 0 Å². The number of rotatable bonds is 2. The first-order chi connectivity index (χ1) is 6.40. The third-order valence-corrected chi connectivity index (χ3v) is 3.00. The van der Waals surface area contributed by atoms with E-state index in [1.807, 2.05) is 0 Å². The molecule has 0 aliphatic carbocycles. The maximum absolute atomic E-state index is 5.73. The molecule has 0 amide bonds. The van der Waals surface area contributed by atoms with Crippen LogP contribution >= 0.6 is 0 Å². The summed E-state index contributed by atoms with van der Waals surface area (Å²) in [7, 11) is 0. The average Bonchev–Trinajstić information content (AvgIpc) is 2.71. The van der Waals surface area contributed by atoms with E-state index in [4.69, 9.17) is 9.47 Å². The molecule has 0 bridgehead atoms. The molecule has 2 heterocycles. The molecule has 3 nitrogen and oxygen atoms in total. The van der Waals surface area contributed by atoms with Crippen molar-refractivity contribution in [1.82, 2.24) is 4.90 Å². The van der Waals surface area contributed by atoms with Crippen LogP contribution in [-0.2, 0) is 9.47 Å². The van der Waals surface area contributed by atoms with Gasteiger partial charge >= 0.3 is 0 Å². The zero-order valence-corrected chi connectivity index (χ0v) is 8.37. The van der Waals surface area contributed by atoms with Gasteiger partial charge in [0.15, 0.2) is 0 Å². The molecule has 2 aliphatic heterocycles. The summed E-state index contributed by atoms with van der Waals surface area (Å²) in [5, 5.41) is 0. The van der Waals surface area contributed by atoms with Gasteiger partial charge in [0.25, 0.3) is 0 Å². The van der Waals surface area contributed by atoms with Gasteiger partial charge in [0.2, 0.25) is 0 Å². The van der Waals surface area contributed by atoms with Gasteiger partial charge in [-0.3, -0.25) is 4.90 Å². The van der Waals surface area contributed by atoms with Gasteiger partial charge in [0.1, 0.15) is 0 Å². The lowest BCUT2D eigenvalue weighted by Gasteiger charge is -2.34. The lowest BCUT2D eigenvalue weighted by atomic mass is 10.1. The Morgan fingerprint density at radius 2 is 2.08 bits per heavy atom. The Bertz CT molecular complexity index is 157. The van der Waals surface area contributed by atoms with Crippen LogP contribution < -0.4 is 0 Å². The van der Waals surface area contributed by atoms with Gasteiger partial charge < -0.3 is 9.47 Å². The lowest BCUT2D eigenvalue weighted by molar-refractivity contribution is -0.0932. The molecule has 0 N–H and O–H groups in total. The maximum Gasteiger partial charge on any atom is 0.0963 e. The Hall–Kier alpha value is -0.120. The van der Waals surface area contributed by atoms with Crippen LogP contribution in [0.25, 0.3) is 0 Å². The number of ether oxygens (including phenoxy) is 2. The van der Waals surface area contributed by atoms with Gasteiger partial charge in [-0.25, -0.2) is 0 Å². The normalized spacial score (nSPS) is 36.7. The molecular formula is C10H19NO2. The molecule has 2 rings (SSSR count). The van der Waals surface area contributed by atoms with E-state index in [0.717, 1.165) is 32.8 Å². The van der Waals surface area contributed by atoms with Crippen LogP contribution in [0.3, 0.4) is 0 Å². The Morgan fingerprint density at radius 3 is 2.77 bits per heavy atom. The Morgan fingerprint density at radius 1 is 1.23 bits per heavy atom. The molecule has 0 aromatic carbocycles. The first-order valence-electron chi connectivity index (χ1n) is 5.35. The Labute approximate surface area is 80.0 Å². The van der Waals surface area contributed by atoms with Crippen LogP contribution in [0.1, 0.15) is 19.8 Å². The van der Waals surface area contributed by atoms with Gasteiger partial charge in [-0.1, -0.05) is 6.92 Å². The minimum absolute atomic E-state index is 0.330. The number of nitrogens with zero attached hydrogens (tertiary/aromatic N) is 1. The Balaban J connectivity index is 1.84. The summed E-state index contributed by atoms with van der Waals surface area (Å²) in [5.41, 5.74) is 0. The van der Waals surface area contributed by atoms with Crippen molar-refractivity contribution in [2.24, 2.45) is 0 Å². The molecule has 2 unspecified atom stereocenters. The summed E-state index contributed by atoms with van der Waals surface area (Å²) >= 11 is 0. The quantitative estimate of drug-likeness (QED) is 0.637. The molecule has 0 aromatic rings. The van der Waals surface area contributed by atoms with Crippen LogP contribution in [0.5, 0.6) is 0 Å². The lowest BCUT2D eigenvalue weighted by Crippen LogP contribution is -2.47. The molecule has 13 heavy (non-hydrogen) atoms. The highest BCUT2D eigenvalue weighted by molar-refractivity contribution is 4.80. The van der Waals surface area contributed by atoms with E-state index in [1.54, 1.807) is 0 Å². The van der Waals surface area contributed by atoms with Crippen LogP contribution in [0.4, 0.5) is 0 Å². The standard InChI is InChI=1S/C10H19NO2/c1-2-11-5-7-13-10(8-11)9-4-3-6-12-9/h9-10H,2-8H2,1H3. The van der Waals surface area contributed by atoms with Crippen LogP contribution in [-0.4, -0.2) is 50.0 Å². The van der Waals surface area contributed by atoms with Gasteiger partial charge in [-0.2, -0.15) is 0 Å². The van der Waals surface area contributed by atoms with Gasteiger partial charge in [-0.05, 0) is 19.4 Å². The average molecular weight is 185 g/mol. The molecule has 0 aromatic heterocycles. The van der Waals surface area contributed by atoms with Crippen LogP contribution in [0.15, 0.2) is 0 Å². The minimum atomic E-state index is 0.330. The van der Waals surface area contributed by atoms with Crippen molar-refractivity contribution in [3.8, 4) is 0 Å². The fourth-order valence-electron chi connectivity index (χ4n) is 2.14. The predicted octanol–water partition coefficient (Wildman–Crippen LogP) is 0.886. The first kappa shape index (κ1) is 9.44. The second-order valence-corrected chi connectivity index (χ2v) is 3.85. The van der Waals surface area contributed by atoms with E-state index in [-0.39, 0.29) is 0 Å². The van der Waals surface area contributed by atoms with E-state index in [9.17, 15) is 0 Å². The van der Waals surface area contributed by atoms with Crippen LogP contribution in [0, 0.1) is 0 Å². The number of likely N-dealkylation sites (N-methyl/N-ethyl adjacent to an activating group) is 1. The van der Waals surface area contributed by atoms with Crippen molar-refractivity contribution in [2.75, 3.05) is 32.8 Å². The summed E-state index contributed by atoms with van der Waals surface area (Å²) < 4.78 is 11.4. The smallest absolute Gasteiger partial charge is 0.0963 e. The molecule has 2 aliphatic rings. The maximum atomic E-state index is 5.73. The molecule has 0 radical (unpaired) electrons. The van der Waals surface area contributed by atoms with Crippen LogP contribution in [0.2, 0.25) is 0 Å². The van der Waals surface area contributed by atoms with Gasteiger partial charge in [0.05, 0.1) is 18.8 Å². The summed E-state index contributed by atoms with van der Waals surface area (Å²) in [5.74, 6) is 0. The van der Waals surface area contributed by atoms with E-state index in [1.165, 1.54) is 12.8 Å². The minimum Gasteiger partial charge on any atom is -0.375 e. The van der Waals surface area contributed by atoms with Gasteiger partial charge in [0, 0.05) is 19.7 Å². The molecule has 3 heteroatoms. The van der Waals surface area contributed by atoms with E-state index < -0.39 is 0 Å². The monoisotopic (exact) mass is 185 g/mol. The van der Waals surface area contributed by atoms with Gasteiger partial charge in [-0.15, -0.1) is 0 Å². The highest BCUT2D eigenvalue weighted by atomic mass is 16.5. The van der Waals surface area contributed by atoms with E-state index >= 15 is 0 Å². The van der Waals surface area contributed by atoms with Crippen molar-refractivity contribution >= 4 is 0 Å². The van der Waals surface area contributed by atoms with Crippen molar-refractivity contribution in [3.05, 3.63) is 0 Å². The molecule has 2 saturated heterocycles. The zero-order valence-electron chi connectivity index (χ0n) is 8.37. The fourth-order valence-corrected chi connectivity index (χ4v) is 2.14. The number of morpholine rings is 1. The molecule has 2 fully saturated rings. The molecule has 0 saturated carbocycles. The number of hydrogen-bond donors (Lipinski definition) is 0. The van der Waals surface area contributed by atoms with E-state index in [0.29, 0.717) is 12.2 Å². The summed E-state index contributed by atoms with van der Waals surface area (Å²) in [6, 6.07) is 0. The SMILES string of the molecule is CCN1CCOC(C2CCCO2)C1. The molecule has 76 valence electrons. The number of hydrogen-bond acceptors (Lipinski definition) is 3. The topological polar surface area (TPSA) is 21.7 Å².